The zero-order chi connectivity index (χ0) is 24.3. The van der Waals surface area contributed by atoms with Crippen LogP contribution in [-0.2, 0) is 14.8 Å². The molecule has 3 aliphatic heterocycles. The van der Waals surface area contributed by atoms with Crippen LogP contribution in [0.2, 0.25) is 5.02 Å². The molecule has 1 N–H and O–H groups in total. The summed E-state index contributed by atoms with van der Waals surface area (Å²) in [4.78, 5) is 17.1. The number of hydrogen-bond acceptors (Lipinski definition) is 6. The van der Waals surface area contributed by atoms with Gasteiger partial charge in [0.05, 0.1) is 17.0 Å². The predicted molar refractivity (Wildman–Crippen MR) is 130 cm³/mol. The summed E-state index contributed by atoms with van der Waals surface area (Å²) in [5, 5.41) is 10.4. The van der Waals surface area contributed by atoms with Crippen molar-refractivity contribution in [2.24, 2.45) is 0 Å². The molecule has 1 unspecified atom stereocenters. The molecule has 0 aromatic heterocycles. The van der Waals surface area contributed by atoms with Crippen LogP contribution in [0.3, 0.4) is 0 Å². The number of benzene rings is 1. The third-order valence-electron chi connectivity index (χ3n) is 7.41. The van der Waals surface area contributed by atoms with Crippen molar-refractivity contribution in [1.82, 2.24) is 14.1 Å². The van der Waals surface area contributed by atoms with Crippen molar-refractivity contribution in [1.29, 1.82) is 0 Å². The fraction of sp³-hybridized carbons (Fsp3) is 0.708. The maximum Gasteiger partial charge on any atom is 0.409 e. The molecule has 0 bridgehead atoms. The van der Waals surface area contributed by atoms with Crippen LogP contribution in [0.1, 0.15) is 51.9 Å². The van der Waals surface area contributed by atoms with Crippen LogP contribution in [0, 0.1) is 0 Å². The van der Waals surface area contributed by atoms with E-state index in [0.717, 1.165) is 45.1 Å². The van der Waals surface area contributed by atoms with Crippen molar-refractivity contribution in [3.63, 3.8) is 0 Å². The fourth-order valence-electron chi connectivity index (χ4n) is 5.57. The molecule has 1 aromatic carbocycles. The minimum Gasteiger partial charge on any atom is -0.448 e. The van der Waals surface area contributed by atoms with E-state index in [4.69, 9.17) is 16.3 Å². The van der Waals surface area contributed by atoms with Gasteiger partial charge in [-0.25, -0.2) is 13.2 Å². The molecule has 3 aliphatic rings. The lowest BCUT2D eigenvalue weighted by atomic mass is 9.99. The first-order chi connectivity index (χ1) is 16.3. The predicted octanol–water partition coefficient (Wildman–Crippen LogP) is 3.33. The van der Waals surface area contributed by atoms with Crippen LogP contribution in [0.5, 0.6) is 0 Å². The molecule has 3 fully saturated rings. The fourth-order valence-corrected chi connectivity index (χ4v) is 7.56. The molecule has 3 atom stereocenters. The normalized spacial score (nSPS) is 28.1. The second-order valence-electron chi connectivity index (χ2n) is 9.81. The maximum atomic E-state index is 13.4. The SMILES string of the molecule is C[C@@H]1CCC[C@H](COC(=O)N2CCC(N3CCCC(O)C3)CC2)N1S(=O)(=O)c1ccc(Cl)cc1. The molecule has 4 rings (SSSR count). The highest BCUT2D eigenvalue weighted by atomic mass is 35.5. The first kappa shape index (κ1) is 25.7. The van der Waals surface area contributed by atoms with Crippen LogP contribution >= 0.6 is 11.6 Å². The molecule has 1 amide bonds. The van der Waals surface area contributed by atoms with E-state index in [1.807, 2.05) is 6.92 Å². The lowest BCUT2D eigenvalue weighted by molar-refractivity contribution is 0.0190. The van der Waals surface area contributed by atoms with Crippen molar-refractivity contribution in [3.05, 3.63) is 29.3 Å². The highest BCUT2D eigenvalue weighted by Crippen LogP contribution is 2.31. The molecule has 3 heterocycles. The molecular weight excluding hydrogens is 478 g/mol. The highest BCUT2D eigenvalue weighted by molar-refractivity contribution is 7.89. The van der Waals surface area contributed by atoms with Gasteiger partial charge in [0.1, 0.15) is 6.61 Å². The lowest BCUT2D eigenvalue weighted by Crippen LogP contribution is -2.52. The Morgan fingerprint density at radius 1 is 1.06 bits per heavy atom. The topological polar surface area (TPSA) is 90.4 Å². The van der Waals surface area contributed by atoms with E-state index in [2.05, 4.69) is 4.90 Å². The molecule has 34 heavy (non-hydrogen) atoms. The molecule has 0 aliphatic carbocycles. The second-order valence-corrected chi connectivity index (χ2v) is 12.1. The van der Waals surface area contributed by atoms with Crippen molar-refractivity contribution >= 4 is 27.7 Å². The van der Waals surface area contributed by atoms with Gasteiger partial charge in [-0.15, -0.1) is 0 Å². The summed E-state index contributed by atoms with van der Waals surface area (Å²) < 4.78 is 33.9. The number of carbonyl (C=O) groups excluding carboxylic acids is 1. The van der Waals surface area contributed by atoms with E-state index in [1.54, 1.807) is 17.0 Å². The smallest absolute Gasteiger partial charge is 0.409 e. The standard InChI is InChI=1S/C24H36ClN3O5S/c1-18-4-2-5-21(28(18)34(31,32)23-9-7-19(25)8-10-23)17-33-24(30)26-14-11-20(12-15-26)27-13-3-6-22(29)16-27/h7-10,18,20-22,29H,2-6,11-17H2,1H3/t18-,21-,22?/m1/s1. The Balaban J connectivity index is 1.33. The number of halogens is 1. The molecule has 0 radical (unpaired) electrons. The number of hydrogen-bond donors (Lipinski definition) is 1. The van der Waals surface area contributed by atoms with E-state index >= 15 is 0 Å². The zero-order valence-corrected chi connectivity index (χ0v) is 21.4. The summed E-state index contributed by atoms with van der Waals surface area (Å²) in [7, 11) is -3.73. The first-order valence-electron chi connectivity index (χ1n) is 12.4. The summed E-state index contributed by atoms with van der Waals surface area (Å²) in [6, 6.07) is 6.02. The minimum absolute atomic E-state index is 0.0498. The Morgan fingerprint density at radius 3 is 2.44 bits per heavy atom. The molecule has 0 saturated carbocycles. The lowest BCUT2D eigenvalue weighted by Gasteiger charge is -2.41. The number of ether oxygens (including phenoxy) is 1. The van der Waals surface area contributed by atoms with Crippen LogP contribution in [0.15, 0.2) is 29.2 Å². The minimum atomic E-state index is -3.73. The number of rotatable bonds is 5. The Labute approximate surface area is 207 Å². The average Bonchev–Trinajstić information content (AvgIpc) is 2.83. The molecule has 1 aromatic rings. The van der Waals surface area contributed by atoms with Crippen molar-refractivity contribution < 1.29 is 23.1 Å². The first-order valence-corrected chi connectivity index (χ1v) is 14.2. The number of sulfonamides is 1. The Bertz CT molecular complexity index is 936. The van der Waals surface area contributed by atoms with Crippen molar-refractivity contribution in [2.75, 3.05) is 32.8 Å². The number of aliphatic hydroxyl groups is 1. The number of likely N-dealkylation sites (tertiary alicyclic amines) is 2. The largest absolute Gasteiger partial charge is 0.448 e. The van der Waals surface area contributed by atoms with Gasteiger partial charge < -0.3 is 14.7 Å². The van der Waals surface area contributed by atoms with Gasteiger partial charge in [-0.05, 0) is 76.3 Å². The van der Waals surface area contributed by atoms with Crippen molar-refractivity contribution in [3.8, 4) is 0 Å². The van der Waals surface area contributed by atoms with Gasteiger partial charge in [0.15, 0.2) is 0 Å². The Morgan fingerprint density at radius 2 is 1.76 bits per heavy atom. The summed E-state index contributed by atoms with van der Waals surface area (Å²) in [5.74, 6) is 0. The number of piperidine rings is 3. The summed E-state index contributed by atoms with van der Waals surface area (Å²) in [6.07, 6.45) is 5.30. The van der Waals surface area contributed by atoms with Gasteiger partial charge in [-0.1, -0.05) is 18.0 Å². The van der Waals surface area contributed by atoms with Crippen molar-refractivity contribution in [2.45, 2.75) is 81.0 Å². The third kappa shape index (κ3) is 5.87. The summed E-state index contributed by atoms with van der Waals surface area (Å²) in [5.41, 5.74) is 0. The number of β-amino-alcohol motifs (C(OH)–C–C–N with tert-alkyl or cyclic N) is 1. The van der Waals surface area contributed by atoms with Gasteiger partial charge in [0, 0.05) is 36.7 Å². The zero-order valence-electron chi connectivity index (χ0n) is 19.8. The Hall–Kier alpha value is -1.39. The monoisotopic (exact) mass is 513 g/mol. The van der Waals surface area contributed by atoms with Crippen LogP contribution in [0.4, 0.5) is 4.79 Å². The van der Waals surface area contributed by atoms with E-state index < -0.39 is 10.0 Å². The molecule has 8 nitrogen and oxygen atoms in total. The number of amides is 1. The molecule has 0 spiro atoms. The number of aliphatic hydroxyl groups excluding tert-OH is 1. The Kier molecular flexibility index (Phi) is 8.40. The number of carbonyl (C=O) groups is 1. The molecule has 190 valence electrons. The summed E-state index contributed by atoms with van der Waals surface area (Å²) in [6.45, 7) is 4.91. The average molecular weight is 514 g/mol. The summed E-state index contributed by atoms with van der Waals surface area (Å²) >= 11 is 5.94. The van der Waals surface area contributed by atoms with Gasteiger partial charge >= 0.3 is 6.09 Å². The third-order valence-corrected chi connectivity index (χ3v) is 9.74. The van der Waals surface area contributed by atoms with E-state index in [0.29, 0.717) is 37.1 Å². The molecule has 10 heteroatoms. The van der Waals surface area contributed by atoms with Crippen LogP contribution in [-0.4, -0.2) is 90.7 Å². The quantitative estimate of drug-likeness (QED) is 0.649. The molecular formula is C24H36ClN3O5S. The molecule has 3 saturated heterocycles. The van der Waals surface area contributed by atoms with E-state index in [-0.39, 0.29) is 35.8 Å². The van der Waals surface area contributed by atoms with Crippen LogP contribution in [0.25, 0.3) is 0 Å². The highest BCUT2D eigenvalue weighted by Gasteiger charge is 2.39. The maximum absolute atomic E-state index is 13.4. The van der Waals surface area contributed by atoms with Gasteiger partial charge in [0.2, 0.25) is 10.0 Å². The van der Waals surface area contributed by atoms with E-state index in [9.17, 15) is 18.3 Å². The van der Waals surface area contributed by atoms with Gasteiger partial charge in [-0.2, -0.15) is 4.31 Å². The number of nitrogens with zero attached hydrogens (tertiary/aromatic N) is 3. The second kappa shape index (κ2) is 11.1. The van der Waals surface area contributed by atoms with Gasteiger partial charge in [0.25, 0.3) is 0 Å². The van der Waals surface area contributed by atoms with Crippen LogP contribution < -0.4 is 0 Å². The van der Waals surface area contributed by atoms with E-state index in [1.165, 1.54) is 16.4 Å². The van der Waals surface area contributed by atoms with Gasteiger partial charge in [-0.3, -0.25) is 4.90 Å².